The molecule has 0 radical (unpaired) electrons. The third-order valence-corrected chi connectivity index (χ3v) is 5.57. The Labute approximate surface area is 165 Å². The summed E-state index contributed by atoms with van der Waals surface area (Å²) in [5.41, 5.74) is 3.21. The van der Waals surface area contributed by atoms with Gasteiger partial charge in [-0.1, -0.05) is 18.9 Å². The van der Waals surface area contributed by atoms with Gasteiger partial charge in [0.2, 0.25) is 0 Å². The second-order valence-corrected chi connectivity index (χ2v) is 7.53. The number of rotatable bonds is 5. The van der Waals surface area contributed by atoms with Crippen molar-refractivity contribution in [1.82, 2.24) is 9.88 Å². The molecular formula is C22H28FN3O2. The van der Waals surface area contributed by atoms with Crippen LogP contribution in [-0.4, -0.2) is 42.7 Å². The van der Waals surface area contributed by atoms with Crippen LogP contribution >= 0.6 is 0 Å². The van der Waals surface area contributed by atoms with E-state index in [1.165, 1.54) is 18.7 Å². The molecule has 1 N–H and O–H groups in total. The largest absolute Gasteiger partial charge is 0.384 e. The number of urea groups is 1. The fourth-order valence-electron chi connectivity index (χ4n) is 4.04. The summed E-state index contributed by atoms with van der Waals surface area (Å²) >= 11 is 0. The normalized spacial score (nSPS) is 19.3. The summed E-state index contributed by atoms with van der Waals surface area (Å²) in [5, 5.41) is 2.99. The van der Waals surface area contributed by atoms with Crippen LogP contribution in [-0.2, 0) is 4.74 Å². The number of anilines is 1. The van der Waals surface area contributed by atoms with E-state index in [1.807, 2.05) is 32.2 Å². The van der Waals surface area contributed by atoms with E-state index in [2.05, 4.69) is 10.3 Å². The van der Waals surface area contributed by atoms with E-state index in [4.69, 9.17) is 4.74 Å². The molecule has 5 nitrogen and oxygen atoms in total. The second-order valence-electron chi connectivity index (χ2n) is 7.53. The van der Waals surface area contributed by atoms with Crippen LogP contribution in [0.5, 0.6) is 0 Å². The number of methoxy groups -OCH3 is 1. The van der Waals surface area contributed by atoms with Crippen molar-refractivity contribution in [2.45, 2.75) is 38.6 Å². The van der Waals surface area contributed by atoms with Crippen molar-refractivity contribution in [3.05, 3.63) is 48.0 Å². The number of nitrogens with zero attached hydrogens (tertiary/aromatic N) is 2. The van der Waals surface area contributed by atoms with Crippen LogP contribution in [0.2, 0.25) is 0 Å². The molecule has 2 unspecified atom stereocenters. The Kier molecular flexibility index (Phi) is 6.62. The molecule has 28 heavy (non-hydrogen) atoms. The Morgan fingerprint density at radius 3 is 2.82 bits per heavy atom. The number of ether oxygens (including phenoxy) is 1. The van der Waals surface area contributed by atoms with Crippen LogP contribution in [0.3, 0.4) is 0 Å². The van der Waals surface area contributed by atoms with E-state index in [-0.39, 0.29) is 17.9 Å². The zero-order chi connectivity index (χ0) is 20.1. The molecule has 2 atom stereocenters. The van der Waals surface area contributed by atoms with Gasteiger partial charge in [0.15, 0.2) is 0 Å². The Hall–Kier alpha value is -2.47. The first-order valence-corrected chi connectivity index (χ1v) is 9.74. The van der Waals surface area contributed by atoms with Crippen LogP contribution in [0.25, 0.3) is 11.1 Å². The monoisotopic (exact) mass is 385 g/mol. The minimum absolute atomic E-state index is 0.139. The molecule has 0 aliphatic heterocycles. The summed E-state index contributed by atoms with van der Waals surface area (Å²) < 4.78 is 18.9. The van der Waals surface area contributed by atoms with Gasteiger partial charge in [-0.25, -0.2) is 9.18 Å². The van der Waals surface area contributed by atoms with Gasteiger partial charge in [-0.15, -0.1) is 0 Å². The molecule has 0 bridgehead atoms. The predicted octanol–water partition coefficient (Wildman–Crippen LogP) is 4.87. The van der Waals surface area contributed by atoms with Crippen LogP contribution in [0, 0.1) is 18.7 Å². The van der Waals surface area contributed by atoms with Gasteiger partial charge >= 0.3 is 6.03 Å². The highest BCUT2D eigenvalue weighted by Crippen LogP contribution is 2.30. The highest BCUT2D eigenvalue weighted by atomic mass is 19.1. The minimum atomic E-state index is -0.382. The van der Waals surface area contributed by atoms with Crippen molar-refractivity contribution in [1.29, 1.82) is 0 Å². The molecule has 1 fully saturated rings. The van der Waals surface area contributed by atoms with E-state index in [9.17, 15) is 9.18 Å². The van der Waals surface area contributed by atoms with Crippen LogP contribution in [0.1, 0.15) is 31.2 Å². The van der Waals surface area contributed by atoms with Gasteiger partial charge in [0.25, 0.3) is 0 Å². The molecule has 1 aromatic heterocycles. The van der Waals surface area contributed by atoms with Gasteiger partial charge < -0.3 is 15.0 Å². The Morgan fingerprint density at radius 2 is 2.07 bits per heavy atom. The maximum atomic E-state index is 13.6. The van der Waals surface area contributed by atoms with Gasteiger partial charge in [-0.05, 0) is 49.1 Å². The number of benzene rings is 1. The fraction of sp³-hybridized carbons (Fsp3) is 0.455. The number of carbonyl (C=O) groups excluding carboxylic acids is 1. The lowest BCUT2D eigenvalue weighted by molar-refractivity contribution is 0.0746. The van der Waals surface area contributed by atoms with Crippen molar-refractivity contribution in [2.24, 2.45) is 5.92 Å². The van der Waals surface area contributed by atoms with E-state index < -0.39 is 0 Å². The summed E-state index contributed by atoms with van der Waals surface area (Å²) in [6.45, 7) is 2.62. The Balaban J connectivity index is 1.75. The maximum Gasteiger partial charge on any atom is 0.321 e. The number of aryl methyl sites for hydroxylation is 1. The molecule has 1 aliphatic carbocycles. The maximum absolute atomic E-state index is 13.6. The lowest BCUT2D eigenvalue weighted by Crippen LogP contribution is -2.46. The van der Waals surface area contributed by atoms with E-state index in [0.717, 1.165) is 30.4 Å². The van der Waals surface area contributed by atoms with Gasteiger partial charge in [0, 0.05) is 43.6 Å². The molecule has 1 saturated carbocycles. The first-order valence-electron chi connectivity index (χ1n) is 9.74. The number of pyridine rings is 1. The smallest absolute Gasteiger partial charge is 0.321 e. The summed E-state index contributed by atoms with van der Waals surface area (Å²) in [7, 11) is 3.56. The zero-order valence-electron chi connectivity index (χ0n) is 16.7. The summed E-state index contributed by atoms with van der Waals surface area (Å²) in [4.78, 5) is 18.6. The molecule has 1 aliphatic rings. The number of amides is 2. The summed E-state index contributed by atoms with van der Waals surface area (Å²) in [6, 6.07) is 7.14. The topological polar surface area (TPSA) is 54.5 Å². The van der Waals surface area contributed by atoms with Crippen LogP contribution in [0.15, 0.2) is 36.7 Å². The molecule has 150 valence electrons. The van der Waals surface area contributed by atoms with Crippen LogP contribution in [0.4, 0.5) is 14.9 Å². The fourth-order valence-corrected chi connectivity index (χ4v) is 4.04. The molecule has 1 aromatic carbocycles. The quantitative estimate of drug-likeness (QED) is 0.799. The van der Waals surface area contributed by atoms with Gasteiger partial charge in [-0.3, -0.25) is 4.98 Å². The number of hydrogen-bond acceptors (Lipinski definition) is 3. The van der Waals surface area contributed by atoms with Crippen molar-refractivity contribution in [3.63, 3.8) is 0 Å². The Morgan fingerprint density at radius 1 is 1.29 bits per heavy atom. The number of aromatic nitrogens is 1. The second kappa shape index (κ2) is 9.15. The molecule has 0 spiro atoms. The Bertz CT molecular complexity index is 825. The van der Waals surface area contributed by atoms with Gasteiger partial charge in [0.05, 0.1) is 12.8 Å². The lowest BCUT2D eigenvalue weighted by Gasteiger charge is -2.37. The average molecular weight is 385 g/mol. The molecule has 6 heteroatoms. The van der Waals surface area contributed by atoms with E-state index in [1.54, 1.807) is 18.2 Å². The molecule has 1 heterocycles. The molecule has 3 rings (SSSR count). The molecule has 2 aromatic rings. The summed E-state index contributed by atoms with van der Waals surface area (Å²) in [5.74, 6) is -0.0194. The molecular weight excluding hydrogens is 357 g/mol. The molecule has 0 saturated heterocycles. The number of halogens is 1. The van der Waals surface area contributed by atoms with E-state index >= 15 is 0 Å². The minimum Gasteiger partial charge on any atom is -0.384 e. The van der Waals surface area contributed by atoms with Crippen molar-refractivity contribution >= 4 is 11.7 Å². The zero-order valence-corrected chi connectivity index (χ0v) is 16.7. The lowest BCUT2D eigenvalue weighted by atomic mass is 9.84. The first kappa shape index (κ1) is 20.3. The molecule has 2 amide bonds. The number of carbonyl (C=O) groups is 1. The highest BCUT2D eigenvalue weighted by molar-refractivity contribution is 5.90. The third kappa shape index (κ3) is 4.68. The SMILES string of the molecule is COCC1CCCCC1N(C)C(=O)Nc1ccc(C)c(-c2cncc(F)c2)c1. The predicted molar refractivity (Wildman–Crippen MR) is 109 cm³/mol. The third-order valence-electron chi connectivity index (χ3n) is 5.57. The van der Waals surface area contributed by atoms with Crippen molar-refractivity contribution in [2.75, 3.05) is 26.1 Å². The average Bonchev–Trinajstić information content (AvgIpc) is 2.69. The number of hydrogen-bond donors (Lipinski definition) is 1. The van der Waals surface area contributed by atoms with Crippen LogP contribution < -0.4 is 5.32 Å². The summed E-state index contributed by atoms with van der Waals surface area (Å²) in [6.07, 6.45) is 7.19. The van der Waals surface area contributed by atoms with Crippen molar-refractivity contribution in [3.8, 4) is 11.1 Å². The highest BCUT2D eigenvalue weighted by Gasteiger charge is 2.30. The first-order chi connectivity index (χ1) is 13.5. The van der Waals surface area contributed by atoms with Gasteiger partial charge in [-0.2, -0.15) is 0 Å². The van der Waals surface area contributed by atoms with Gasteiger partial charge in [0.1, 0.15) is 5.82 Å². The van der Waals surface area contributed by atoms with E-state index in [0.29, 0.717) is 23.8 Å². The standard InChI is InChI=1S/C22H28FN3O2/c1-15-8-9-19(11-20(15)17-10-18(23)13-24-12-17)25-22(27)26(2)21-7-5-4-6-16(21)14-28-3/h8-13,16,21H,4-7,14H2,1-3H3,(H,25,27). The number of nitrogens with one attached hydrogen (secondary N) is 1. The van der Waals surface area contributed by atoms with Crippen molar-refractivity contribution < 1.29 is 13.9 Å².